The topological polar surface area (TPSA) is 55.1 Å². The maximum absolute atomic E-state index is 13.0. The zero-order chi connectivity index (χ0) is 17.1. The van der Waals surface area contributed by atoms with Crippen molar-refractivity contribution in [2.24, 2.45) is 0 Å². The number of carbonyl (C=O) groups is 1. The minimum atomic E-state index is -0.342. The van der Waals surface area contributed by atoms with Crippen molar-refractivity contribution < 1.29 is 9.21 Å². The van der Waals surface area contributed by atoms with E-state index in [0.717, 1.165) is 42.7 Å². The monoisotopic (exact) mass is 352 g/mol. The third-order valence-electron chi connectivity index (χ3n) is 4.94. The molecule has 4 nitrogen and oxygen atoms in total. The Bertz CT molecular complexity index is 834. The summed E-state index contributed by atoms with van der Waals surface area (Å²) in [5.41, 5.74) is 1.46. The van der Waals surface area contributed by atoms with E-state index in [9.17, 15) is 4.79 Å². The van der Waals surface area contributed by atoms with Gasteiger partial charge in [-0.15, -0.1) is 11.3 Å². The summed E-state index contributed by atoms with van der Waals surface area (Å²) in [6, 6.07) is 11.7. The molecule has 0 aromatic carbocycles. The van der Waals surface area contributed by atoms with Gasteiger partial charge in [-0.05, 0) is 54.1 Å². The van der Waals surface area contributed by atoms with Gasteiger partial charge in [0.15, 0.2) is 5.76 Å². The molecule has 1 aliphatic carbocycles. The summed E-state index contributed by atoms with van der Waals surface area (Å²) in [6.45, 7) is 0.502. The van der Waals surface area contributed by atoms with E-state index in [1.165, 1.54) is 4.88 Å². The number of furan rings is 1. The number of rotatable bonds is 5. The molecule has 0 aliphatic heterocycles. The Morgan fingerprint density at radius 3 is 2.84 bits per heavy atom. The van der Waals surface area contributed by atoms with Crippen LogP contribution in [-0.2, 0) is 16.8 Å². The van der Waals surface area contributed by atoms with Crippen LogP contribution in [-0.4, -0.2) is 10.9 Å². The van der Waals surface area contributed by atoms with E-state index in [-0.39, 0.29) is 11.3 Å². The molecule has 0 radical (unpaired) electrons. The average molecular weight is 352 g/mol. The molecule has 0 saturated heterocycles. The summed E-state index contributed by atoms with van der Waals surface area (Å²) in [5.74, 6) is 0.878. The summed E-state index contributed by atoms with van der Waals surface area (Å²) in [7, 11) is 0. The normalized spacial score (nSPS) is 16.0. The molecule has 1 fully saturated rings. The van der Waals surface area contributed by atoms with E-state index in [4.69, 9.17) is 4.42 Å². The molecule has 1 amide bonds. The number of carbonyl (C=O) groups excluding carboxylic acids is 1. The molecule has 128 valence electrons. The quantitative estimate of drug-likeness (QED) is 0.734. The van der Waals surface area contributed by atoms with Crippen molar-refractivity contribution in [3.63, 3.8) is 0 Å². The fourth-order valence-electron chi connectivity index (χ4n) is 3.61. The summed E-state index contributed by atoms with van der Waals surface area (Å²) >= 11 is 1.69. The molecule has 3 aromatic rings. The average Bonchev–Trinajstić information content (AvgIpc) is 3.42. The van der Waals surface area contributed by atoms with Crippen molar-refractivity contribution in [1.29, 1.82) is 0 Å². The molecule has 0 bridgehead atoms. The molecule has 1 aliphatic rings. The van der Waals surface area contributed by atoms with E-state index in [1.54, 1.807) is 23.8 Å². The highest BCUT2D eigenvalue weighted by atomic mass is 32.1. The Morgan fingerprint density at radius 1 is 1.24 bits per heavy atom. The van der Waals surface area contributed by atoms with Gasteiger partial charge in [0.2, 0.25) is 5.91 Å². The number of hydrogen-bond donors (Lipinski definition) is 1. The minimum absolute atomic E-state index is 0.142. The second kappa shape index (κ2) is 6.84. The third kappa shape index (κ3) is 3.12. The number of pyridine rings is 1. The SMILES string of the molecule is O=C(NCc1ccnc(-c2ccco2)c1)C1(c2cccs2)CCCC1. The van der Waals surface area contributed by atoms with Crippen LogP contribution in [0, 0.1) is 0 Å². The molecule has 25 heavy (non-hydrogen) atoms. The van der Waals surface area contributed by atoms with Crippen molar-refractivity contribution in [2.45, 2.75) is 37.6 Å². The fourth-order valence-corrected chi connectivity index (χ4v) is 4.59. The van der Waals surface area contributed by atoms with Crippen molar-refractivity contribution in [2.75, 3.05) is 0 Å². The van der Waals surface area contributed by atoms with Crippen molar-refractivity contribution in [1.82, 2.24) is 10.3 Å². The lowest BCUT2D eigenvalue weighted by Gasteiger charge is -2.26. The molecule has 3 heterocycles. The van der Waals surface area contributed by atoms with Crippen LogP contribution in [0.4, 0.5) is 0 Å². The van der Waals surface area contributed by atoms with E-state index in [1.807, 2.05) is 30.3 Å². The van der Waals surface area contributed by atoms with Crippen LogP contribution in [0.5, 0.6) is 0 Å². The molecular weight excluding hydrogens is 332 g/mol. The molecular formula is C20H20N2O2S. The van der Waals surface area contributed by atoms with Gasteiger partial charge >= 0.3 is 0 Å². The van der Waals surface area contributed by atoms with E-state index in [0.29, 0.717) is 6.54 Å². The smallest absolute Gasteiger partial charge is 0.231 e. The zero-order valence-electron chi connectivity index (χ0n) is 13.9. The number of thiophene rings is 1. The number of aromatic nitrogens is 1. The van der Waals surface area contributed by atoms with E-state index >= 15 is 0 Å². The summed E-state index contributed by atoms with van der Waals surface area (Å²) in [5, 5.41) is 5.21. The van der Waals surface area contributed by atoms with Gasteiger partial charge in [-0.3, -0.25) is 9.78 Å². The first-order chi connectivity index (χ1) is 12.3. The summed E-state index contributed by atoms with van der Waals surface area (Å²) in [6.07, 6.45) is 7.49. The maximum Gasteiger partial charge on any atom is 0.231 e. The van der Waals surface area contributed by atoms with Gasteiger partial charge in [-0.25, -0.2) is 0 Å². The van der Waals surface area contributed by atoms with Crippen LogP contribution < -0.4 is 5.32 Å². The van der Waals surface area contributed by atoms with Gasteiger partial charge < -0.3 is 9.73 Å². The third-order valence-corrected chi connectivity index (χ3v) is 6.01. The van der Waals surface area contributed by atoms with Gasteiger partial charge in [-0.1, -0.05) is 18.9 Å². The molecule has 1 N–H and O–H groups in total. The number of hydrogen-bond acceptors (Lipinski definition) is 4. The number of nitrogens with one attached hydrogen (secondary N) is 1. The number of nitrogens with zero attached hydrogens (tertiary/aromatic N) is 1. The lowest BCUT2D eigenvalue weighted by Crippen LogP contribution is -2.41. The summed E-state index contributed by atoms with van der Waals surface area (Å²) in [4.78, 5) is 18.5. The van der Waals surface area contributed by atoms with Gasteiger partial charge in [0.1, 0.15) is 5.69 Å². The molecule has 0 atom stereocenters. The highest BCUT2D eigenvalue weighted by molar-refractivity contribution is 7.10. The lowest BCUT2D eigenvalue weighted by atomic mass is 9.83. The van der Waals surface area contributed by atoms with Crippen LogP contribution in [0.15, 0.2) is 58.7 Å². The second-order valence-corrected chi connectivity index (χ2v) is 7.42. The first-order valence-electron chi connectivity index (χ1n) is 8.59. The molecule has 0 spiro atoms. The Kier molecular flexibility index (Phi) is 4.40. The first kappa shape index (κ1) is 16.1. The standard InChI is InChI=1S/C20H20N2O2S/c23-19(20(8-1-2-9-20)18-6-4-12-25-18)22-14-15-7-10-21-16(13-15)17-5-3-11-24-17/h3-7,10-13H,1-2,8-9,14H2,(H,22,23). The van der Waals surface area contributed by atoms with Crippen LogP contribution >= 0.6 is 11.3 Å². The zero-order valence-corrected chi connectivity index (χ0v) is 14.7. The fraction of sp³-hybridized carbons (Fsp3) is 0.300. The van der Waals surface area contributed by atoms with Crippen LogP contribution in [0.1, 0.15) is 36.1 Å². The van der Waals surface area contributed by atoms with Crippen molar-refractivity contribution >= 4 is 17.2 Å². The van der Waals surface area contributed by atoms with Gasteiger partial charge in [0.05, 0.1) is 11.7 Å². The van der Waals surface area contributed by atoms with Crippen LogP contribution in [0.3, 0.4) is 0 Å². The second-order valence-electron chi connectivity index (χ2n) is 6.48. The van der Waals surface area contributed by atoms with Gasteiger partial charge in [-0.2, -0.15) is 0 Å². The maximum atomic E-state index is 13.0. The highest BCUT2D eigenvalue weighted by Crippen LogP contribution is 2.43. The Labute approximate surface area is 150 Å². The summed E-state index contributed by atoms with van der Waals surface area (Å²) < 4.78 is 5.40. The molecule has 4 rings (SSSR count). The van der Waals surface area contributed by atoms with E-state index < -0.39 is 0 Å². The number of amides is 1. The first-order valence-corrected chi connectivity index (χ1v) is 9.47. The highest BCUT2D eigenvalue weighted by Gasteiger charge is 2.43. The predicted octanol–water partition coefficient (Wildman–Crippen LogP) is 4.53. The minimum Gasteiger partial charge on any atom is -0.463 e. The molecule has 3 aromatic heterocycles. The van der Waals surface area contributed by atoms with Crippen LogP contribution in [0.25, 0.3) is 11.5 Å². The van der Waals surface area contributed by atoms with E-state index in [2.05, 4.69) is 21.7 Å². The largest absolute Gasteiger partial charge is 0.463 e. The molecule has 0 unspecified atom stereocenters. The molecule has 1 saturated carbocycles. The van der Waals surface area contributed by atoms with Gasteiger partial charge in [0.25, 0.3) is 0 Å². The Hall–Kier alpha value is -2.40. The predicted molar refractivity (Wildman–Crippen MR) is 98.3 cm³/mol. The Balaban J connectivity index is 1.49. The van der Waals surface area contributed by atoms with Crippen molar-refractivity contribution in [3.8, 4) is 11.5 Å². The van der Waals surface area contributed by atoms with Crippen LogP contribution in [0.2, 0.25) is 0 Å². The van der Waals surface area contributed by atoms with Gasteiger partial charge in [0, 0.05) is 17.6 Å². The van der Waals surface area contributed by atoms with Crippen molar-refractivity contribution in [3.05, 3.63) is 64.7 Å². The lowest BCUT2D eigenvalue weighted by molar-refractivity contribution is -0.126. The Morgan fingerprint density at radius 2 is 2.12 bits per heavy atom. The molecule has 5 heteroatoms.